The summed E-state index contributed by atoms with van der Waals surface area (Å²) in [6, 6.07) is 3.18. The Labute approximate surface area is 93.8 Å². The molecule has 1 aromatic heterocycles. The molecule has 0 aliphatic rings. The summed E-state index contributed by atoms with van der Waals surface area (Å²) in [4.78, 5) is 3.61. The molecule has 0 saturated carbocycles. The van der Waals surface area contributed by atoms with Gasteiger partial charge in [-0.25, -0.2) is 13.8 Å². The van der Waals surface area contributed by atoms with Gasteiger partial charge in [0.2, 0.25) is 5.88 Å². The van der Waals surface area contributed by atoms with Crippen LogP contribution in [0.25, 0.3) is 0 Å². The van der Waals surface area contributed by atoms with Gasteiger partial charge in [-0.2, -0.15) is 5.26 Å². The zero-order valence-corrected chi connectivity index (χ0v) is 9.38. The molecular weight excluding hydrogens is 270 g/mol. The van der Waals surface area contributed by atoms with E-state index < -0.39 is 6.43 Å². The molecule has 0 aliphatic heterocycles. The van der Waals surface area contributed by atoms with Crippen LogP contribution < -0.4 is 4.74 Å². The highest BCUT2D eigenvalue weighted by molar-refractivity contribution is 9.08. The minimum atomic E-state index is -2.68. The van der Waals surface area contributed by atoms with Gasteiger partial charge in [0.1, 0.15) is 17.3 Å². The summed E-state index contributed by atoms with van der Waals surface area (Å²) in [6.07, 6.45) is -2.68. The van der Waals surface area contributed by atoms with Crippen LogP contribution in [0.5, 0.6) is 5.88 Å². The maximum Gasteiger partial charge on any atom is 0.280 e. The molecule has 1 aromatic rings. The van der Waals surface area contributed by atoms with E-state index in [4.69, 9.17) is 10.00 Å². The van der Waals surface area contributed by atoms with Gasteiger partial charge < -0.3 is 4.74 Å². The Kier molecular flexibility index (Phi) is 3.97. The van der Waals surface area contributed by atoms with Crippen molar-refractivity contribution in [2.75, 3.05) is 7.11 Å². The third kappa shape index (κ3) is 2.42. The Bertz CT molecular complexity index is 404. The highest BCUT2D eigenvalue weighted by Crippen LogP contribution is 2.27. The molecule has 0 bridgehead atoms. The first kappa shape index (κ1) is 11.9. The average Bonchev–Trinajstić information content (AvgIpc) is 2.26. The first-order valence-electron chi connectivity index (χ1n) is 3.96. The predicted molar refractivity (Wildman–Crippen MR) is 53.1 cm³/mol. The van der Waals surface area contributed by atoms with Gasteiger partial charge in [0.25, 0.3) is 6.43 Å². The van der Waals surface area contributed by atoms with Gasteiger partial charge in [0.15, 0.2) is 0 Å². The summed E-state index contributed by atoms with van der Waals surface area (Å²) < 4.78 is 29.8. The van der Waals surface area contributed by atoms with E-state index in [0.29, 0.717) is 5.56 Å². The number of aromatic nitrogens is 1. The van der Waals surface area contributed by atoms with Gasteiger partial charge in [-0.1, -0.05) is 15.9 Å². The Morgan fingerprint density at radius 3 is 2.73 bits per heavy atom. The summed E-state index contributed by atoms with van der Waals surface area (Å²) in [5.74, 6) is -0.0718. The number of hydrogen-bond acceptors (Lipinski definition) is 3. The summed E-state index contributed by atoms with van der Waals surface area (Å²) in [7, 11) is 1.28. The molecule has 1 heterocycles. The van der Waals surface area contributed by atoms with Crippen molar-refractivity contribution in [3.63, 3.8) is 0 Å². The second kappa shape index (κ2) is 5.03. The number of nitriles is 1. The van der Waals surface area contributed by atoms with E-state index in [1.54, 1.807) is 0 Å². The normalized spacial score (nSPS) is 10.1. The molecule has 6 heteroatoms. The van der Waals surface area contributed by atoms with Crippen LogP contribution in [-0.2, 0) is 5.33 Å². The molecule has 0 N–H and O–H groups in total. The van der Waals surface area contributed by atoms with E-state index >= 15 is 0 Å². The Balaban J connectivity index is 3.36. The molecule has 3 nitrogen and oxygen atoms in total. The van der Waals surface area contributed by atoms with Gasteiger partial charge in [-0.15, -0.1) is 0 Å². The van der Waals surface area contributed by atoms with Crippen LogP contribution in [0.3, 0.4) is 0 Å². The third-order valence-corrected chi connectivity index (χ3v) is 2.37. The van der Waals surface area contributed by atoms with E-state index in [1.165, 1.54) is 13.2 Å². The molecule has 0 unspecified atom stereocenters. The molecule has 0 fully saturated rings. The van der Waals surface area contributed by atoms with Crippen molar-refractivity contribution in [3.8, 4) is 11.9 Å². The van der Waals surface area contributed by atoms with E-state index in [1.807, 2.05) is 6.07 Å². The molecule has 15 heavy (non-hydrogen) atoms. The number of pyridine rings is 1. The summed E-state index contributed by atoms with van der Waals surface area (Å²) >= 11 is 3.06. The highest BCUT2D eigenvalue weighted by atomic mass is 79.9. The van der Waals surface area contributed by atoms with Crippen LogP contribution in [0.15, 0.2) is 6.07 Å². The number of nitrogens with zero attached hydrogens (tertiary/aromatic N) is 2. The maximum absolute atomic E-state index is 12.5. The quantitative estimate of drug-likeness (QED) is 0.798. The van der Waals surface area contributed by atoms with Gasteiger partial charge in [0, 0.05) is 5.33 Å². The average molecular weight is 277 g/mol. The molecule has 0 spiro atoms. The second-order valence-corrected chi connectivity index (χ2v) is 3.20. The fourth-order valence-electron chi connectivity index (χ4n) is 1.08. The van der Waals surface area contributed by atoms with Crippen LogP contribution in [0.4, 0.5) is 8.78 Å². The molecule has 0 radical (unpaired) electrons. The smallest absolute Gasteiger partial charge is 0.280 e. The molecule has 80 valence electrons. The van der Waals surface area contributed by atoms with Crippen LogP contribution >= 0.6 is 15.9 Å². The zero-order chi connectivity index (χ0) is 11.4. The van der Waals surface area contributed by atoms with Crippen LogP contribution in [0.1, 0.15) is 23.2 Å². The lowest BCUT2D eigenvalue weighted by Crippen LogP contribution is -2.01. The first-order chi connectivity index (χ1) is 7.13. The fourth-order valence-corrected chi connectivity index (χ4v) is 1.53. The summed E-state index contributed by atoms with van der Waals surface area (Å²) in [5, 5.41) is 8.95. The van der Waals surface area contributed by atoms with E-state index in [2.05, 4.69) is 20.9 Å². The molecule has 0 atom stereocenters. The van der Waals surface area contributed by atoms with Gasteiger partial charge >= 0.3 is 0 Å². The lowest BCUT2D eigenvalue weighted by atomic mass is 10.1. The van der Waals surface area contributed by atoms with Crippen molar-refractivity contribution < 1.29 is 13.5 Å². The minimum Gasteiger partial charge on any atom is -0.480 e. The van der Waals surface area contributed by atoms with E-state index in [9.17, 15) is 8.78 Å². The van der Waals surface area contributed by atoms with Gasteiger partial charge in [0.05, 0.1) is 7.11 Å². The Hall–Kier alpha value is -1.22. The number of halogens is 3. The van der Waals surface area contributed by atoms with E-state index in [-0.39, 0.29) is 22.5 Å². The Morgan fingerprint density at radius 1 is 1.67 bits per heavy atom. The van der Waals surface area contributed by atoms with Crippen molar-refractivity contribution >= 4 is 15.9 Å². The van der Waals surface area contributed by atoms with Gasteiger partial charge in [-0.05, 0) is 11.6 Å². The largest absolute Gasteiger partial charge is 0.480 e. The number of alkyl halides is 3. The molecule has 1 rings (SSSR count). The molecule has 0 aromatic carbocycles. The molecule has 0 saturated heterocycles. The molecule has 0 aliphatic carbocycles. The van der Waals surface area contributed by atoms with Crippen LogP contribution in [0, 0.1) is 11.3 Å². The van der Waals surface area contributed by atoms with Crippen molar-refractivity contribution in [1.82, 2.24) is 4.98 Å². The monoisotopic (exact) mass is 276 g/mol. The number of ether oxygens (including phenoxy) is 1. The topological polar surface area (TPSA) is 45.9 Å². The number of hydrogen-bond donors (Lipinski definition) is 0. The third-order valence-electron chi connectivity index (χ3n) is 1.76. The molecular formula is C9H7BrF2N2O. The van der Waals surface area contributed by atoms with Crippen molar-refractivity contribution in [2.45, 2.75) is 11.8 Å². The maximum atomic E-state index is 12.5. The van der Waals surface area contributed by atoms with Crippen LogP contribution in [0.2, 0.25) is 0 Å². The highest BCUT2D eigenvalue weighted by Gasteiger charge is 2.18. The molecule has 0 amide bonds. The number of rotatable bonds is 3. The first-order valence-corrected chi connectivity index (χ1v) is 5.08. The standard InChI is InChI=1S/C9H7BrF2N2O/c1-15-9-6(4-13)2-5(3-10)7(14-9)8(11)12/h2,8H,3H2,1H3. The number of methoxy groups -OCH3 is 1. The summed E-state index contributed by atoms with van der Waals surface area (Å²) in [6.45, 7) is 0. The minimum absolute atomic E-state index is 0.0718. The van der Waals surface area contributed by atoms with Crippen molar-refractivity contribution in [3.05, 3.63) is 22.9 Å². The van der Waals surface area contributed by atoms with Gasteiger partial charge in [-0.3, -0.25) is 0 Å². The van der Waals surface area contributed by atoms with Crippen LogP contribution in [-0.4, -0.2) is 12.1 Å². The predicted octanol–water partition coefficient (Wildman–Crippen LogP) is 2.79. The zero-order valence-electron chi connectivity index (χ0n) is 7.80. The van der Waals surface area contributed by atoms with E-state index in [0.717, 1.165) is 0 Å². The van der Waals surface area contributed by atoms with Crippen molar-refractivity contribution in [1.29, 1.82) is 5.26 Å². The SMILES string of the molecule is COc1nc(C(F)F)c(CBr)cc1C#N. The van der Waals surface area contributed by atoms with Crippen molar-refractivity contribution in [2.24, 2.45) is 0 Å². The fraction of sp³-hybridized carbons (Fsp3) is 0.333. The Morgan fingerprint density at radius 2 is 2.33 bits per heavy atom. The lowest BCUT2D eigenvalue weighted by molar-refractivity contribution is 0.144. The summed E-state index contributed by atoms with van der Waals surface area (Å²) in [5.41, 5.74) is 0.0847. The lowest BCUT2D eigenvalue weighted by Gasteiger charge is -2.08. The second-order valence-electron chi connectivity index (χ2n) is 2.64.